The molecule has 0 aliphatic heterocycles. The number of rotatable bonds is 6. The first-order chi connectivity index (χ1) is 12.6. The lowest BCUT2D eigenvalue weighted by Crippen LogP contribution is -2.71. The minimum absolute atomic E-state index is 0.306. The second kappa shape index (κ2) is 7.09. The Morgan fingerprint density at radius 1 is 0.724 bits per heavy atom. The van der Waals surface area contributed by atoms with Gasteiger partial charge in [-0.25, -0.2) is 0 Å². The largest absolute Gasteiger partial charge is 0.460 e. The molecule has 0 spiro atoms. The van der Waals surface area contributed by atoms with E-state index in [2.05, 4.69) is 0 Å². The molecule has 1 aromatic rings. The first-order valence-corrected chi connectivity index (χ1v) is 7.05. The molecule has 0 aliphatic carbocycles. The molecule has 0 aromatic heterocycles. The topological polar surface area (TPSA) is 29.1 Å². The predicted molar refractivity (Wildman–Crippen MR) is 70.9 cm³/mol. The first-order valence-electron chi connectivity index (χ1n) is 6.67. The Morgan fingerprint density at radius 3 is 1.59 bits per heavy atom. The van der Waals surface area contributed by atoms with Gasteiger partial charge in [-0.05, 0) is 18.2 Å². The lowest BCUT2D eigenvalue weighted by Gasteiger charge is -2.39. The molecule has 0 atom stereocenters. The number of carbonyl (C=O) groups is 1. The van der Waals surface area contributed by atoms with Crippen LogP contribution in [-0.2, 0) is 4.79 Å². The lowest BCUT2D eigenvalue weighted by atomic mass is 9.93. The van der Waals surface area contributed by atoms with Crippen LogP contribution in [-0.4, -0.2) is 41.7 Å². The van der Waals surface area contributed by atoms with Gasteiger partial charge in [-0.1, -0.05) is 17.7 Å². The Kier molecular flexibility index (Phi) is 6.14. The Morgan fingerprint density at radius 2 is 1.17 bits per heavy atom. The van der Waals surface area contributed by atoms with Gasteiger partial charge in [-0.2, -0.15) is 57.1 Å². The van der Waals surface area contributed by atoms with E-state index in [1.54, 1.807) is 0 Å². The lowest BCUT2D eigenvalue weighted by molar-refractivity contribution is -0.435. The average molecular weight is 474 g/mol. The van der Waals surface area contributed by atoms with Gasteiger partial charge in [0.25, 0.3) is 0 Å². The minimum Gasteiger partial charge on any atom is -0.321 e. The van der Waals surface area contributed by atoms with Crippen LogP contribution >= 0.6 is 11.6 Å². The van der Waals surface area contributed by atoms with Crippen LogP contribution in [0, 0.1) is 0 Å². The standard InChI is InChI=1S/C13H5ClF13NO/c14-5-2-1-3-6(4-5)28-7(29)8(15,16)9(17,18)10(19,20)11(21,22)12(23,24)13(25,26)27/h1-4H,(H,28,29). The van der Waals surface area contributed by atoms with Crippen LogP contribution in [0.4, 0.5) is 62.8 Å². The van der Waals surface area contributed by atoms with Gasteiger partial charge in [-0.15, -0.1) is 0 Å². The summed E-state index contributed by atoms with van der Waals surface area (Å²) in [7, 11) is 0. The maximum Gasteiger partial charge on any atom is 0.460 e. The van der Waals surface area contributed by atoms with Crippen LogP contribution in [0.3, 0.4) is 0 Å². The van der Waals surface area contributed by atoms with Gasteiger partial charge in [0.2, 0.25) is 0 Å². The third kappa shape index (κ3) is 3.80. The van der Waals surface area contributed by atoms with Gasteiger partial charge in [-0.3, -0.25) is 4.79 Å². The fourth-order valence-electron chi connectivity index (χ4n) is 1.69. The number of anilines is 1. The molecule has 1 rings (SSSR count). The van der Waals surface area contributed by atoms with Gasteiger partial charge < -0.3 is 5.32 Å². The number of benzene rings is 1. The van der Waals surface area contributed by atoms with Crippen LogP contribution in [0.1, 0.15) is 0 Å². The summed E-state index contributed by atoms with van der Waals surface area (Å²) in [6.07, 6.45) is -7.52. The summed E-state index contributed by atoms with van der Waals surface area (Å²) in [4.78, 5) is 11.2. The maximum absolute atomic E-state index is 13.6. The molecule has 0 saturated heterocycles. The van der Waals surface area contributed by atoms with E-state index in [0.717, 1.165) is 17.4 Å². The zero-order valence-corrected chi connectivity index (χ0v) is 13.8. The van der Waals surface area contributed by atoms with Crippen molar-refractivity contribution in [1.29, 1.82) is 0 Å². The molecular formula is C13H5ClF13NO. The van der Waals surface area contributed by atoms with Crippen LogP contribution < -0.4 is 5.32 Å². The van der Waals surface area contributed by atoms with Crippen molar-refractivity contribution in [2.75, 3.05) is 5.32 Å². The first kappa shape index (κ1) is 25.1. The zero-order valence-electron chi connectivity index (χ0n) is 13.0. The molecule has 16 heteroatoms. The second-order valence-electron chi connectivity index (χ2n) is 5.33. The molecule has 1 amide bonds. The van der Waals surface area contributed by atoms with E-state index in [0.29, 0.717) is 12.1 Å². The second-order valence-corrected chi connectivity index (χ2v) is 5.77. The summed E-state index contributed by atoms with van der Waals surface area (Å²) in [6, 6.07) is 3.31. The Bertz CT molecular complexity index is 774. The van der Waals surface area contributed by atoms with Crippen molar-refractivity contribution in [1.82, 2.24) is 0 Å². The third-order valence-corrected chi connectivity index (χ3v) is 3.54. The van der Waals surface area contributed by atoms with E-state index in [9.17, 15) is 61.9 Å². The normalized spacial score (nSPS) is 14.7. The number of hydrogen-bond acceptors (Lipinski definition) is 1. The maximum atomic E-state index is 13.6. The summed E-state index contributed by atoms with van der Waals surface area (Å²) in [5.74, 6) is -41.9. The van der Waals surface area contributed by atoms with E-state index in [-0.39, 0.29) is 5.02 Å². The van der Waals surface area contributed by atoms with Crippen LogP contribution in [0.5, 0.6) is 0 Å². The van der Waals surface area contributed by atoms with Gasteiger partial charge in [0.1, 0.15) is 0 Å². The molecule has 1 N–H and O–H groups in total. The fraction of sp³-hybridized carbons (Fsp3) is 0.462. The molecule has 0 fully saturated rings. The Balaban J connectivity index is 3.39. The van der Waals surface area contributed by atoms with Gasteiger partial charge in [0, 0.05) is 10.7 Å². The molecule has 29 heavy (non-hydrogen) atoms. The van der Waals surface area contributed by atoms with Crippen LogP contribution in [0.2, 0.25) is 5.02 Å². The highest BCUT2D eigenvalue weighted by Crippen LogP contribution is 2.60. The monoisotopic (exact) mass is 473 g/mol. The quantitative estimate of drug-likeness (QED) is 0.503. The van der Waals surface area contributed by atoms with E-state index in [4.69, 9.17) is 11.6 Å². The van der Waals surface area contributed by atoms with Gasteiger partial charge in [0.15, 0.2) is 0 Å². The van der Waals surface area contributed by atoms with Gasteiger partial charge >= 0.3 is 41.7 Å². The minimum atomic E-state index is -8.07. The highest BCUT2D eigenvalue weighted by molar-refractivity contribution is 6.30. The summed E-state index contributed by atoms with van der Waals surface area (Å²) >= 11 is 5.36. The molecular weight excluding hydrogens is 469 g/mol. The Labute approximate surface area is 156 Å². The van der Waals surface area contributed by atoms with Crippen LogP contribution in [0.15, 0.2) is 24.3 Å². The summed E-state index contributed by atoms with van der Waals surface area (Å²) in [5, 5.41) is 0.574. The molecule has 0 saturated carbocycles. The van der Waals surface area contributed by atoms with E-state index in [1.165, 1.54) is 0 Å². The molecule has 0 unspecified atom stereocenters. The average Bonchev–Trinajstić information content (AvgIpc) is 2.52. The van der Waals surface area contributed by atoms with Crippen molar-refractivity contribution in [3.05, 3.63) is 29.3 Å². The molecule has 166 valence electrons. The smallest absolute Gasteiger partial charge is 0.321 e. The summed E-state index contributed by atoms with van der Waals surface area (Å²) in [6.45, 7) is 0. The molecule has 2 nitrogen and oxygen atoms in total. The van der Waals surface area contributed by atoms with E-state index < -0.39 is 47.4 Å². The van der Waals surface area contributed by atoms with Crippen molar-refractivity contribution in [3.8, 4) is 0 Å². The molecule has 1 aromatic carbocycles. The van der Waals surface area contributed by atoms with Crippen molar-refractivity contribution in [3.63, 3.8) is 0 Å². The SMILES string of the molecule is O=C(Nc1cccc(Cl)c1)C(F)(F)C(F)(F)C(F)(F)C(F)(F)C(F)(F)C(F)(F)F. The van der Waals surface area contributed by atoms with E-state index in [1.807, 2.05) is 0 Å². The molecule has 0 heterocycles. The number of hydrogen-bond donors (Lipinski definition) is 1. The van der Waals surface area contributed by atoms with Crippen molar-refractivity contribution in [2.24, 2.45) is 0 Å². The highest BCUT2D eigenvalue weighted by atomic mass is 35.5. The summed E-state index contributed by atoms with van der Waals surface area (Å²) < 4.78 is 168. The fourth-order valence-corrected chi connectivity index (χ4v) is 1.88. The number of amides is 1. The summed E-state index contributed by atoms with van der Waals surface area (Å²) in [5.41, 5.74) is -0.839. The van der Waals surface area contributed by atoms with Crippen molar-refractivity contribution < 1.29 is 61.9 Å². The Hall–Kier alpha value is -1.93. The van der Waals surface area contributed by atoms with Crippen molar-refractivity contribution >= 4 is 23.2 Å². The number of carbonyl (C=O) groups excluding carboxylic acids is 1. The highest BCUT2D eigenvalue weighted by Gasteiger charge is 2.91. The molecule has 0 aliphatic rings. The predicted octanol–water partition coefficient (Wildman–Crippen LogP) is 6.02. The van der Waals surface area contributed by atoms with Gasteiger partial charge in [0.05, 0.1) is 0 Å². The zero-order chi connectivity index (χ0) is 23.3. The molecule has 0 bridgehead atoms. The number of alkyl halides is 13. The number of nitrogens with one attached hydrogen (secondary N) is 1. The molecule has 0 radical (unpaired) electrons. The van der Waals surface area contributed by atoms with Crippen molar-refractivity contribution in [2.45, 2.75) is 35.8 Å². The number of halogens is 14. The third-order valence-electron chi connectivity index (χ3n) is 3.30. The van der Waals surface area contributed by atoms with E-state index >= 15 is 0 Å². The van der Waals surface area contributed by atoms with Crippen LogP contribution in [0.25, 0.3) is 0 Å².